The first-order chi connectivity index (χ1) is 52.7. The number of halogens is 1. The van der Waals surface area contributed by atoms with Crippen LogP contribution in [0.4, 0.5) is 4.39 Å². The minimum absolute atomic E-state index is 0.00420. The maximum atomic E-state index is 15.1. The molecule has 0 saturated carbocycles. The van der Waals surface area contributed by atoms with E-state index in [1.807, 2.05) is 84.0 Å². The molecule has 1 aliphatic rings. The number of nitrogens with one attached hydrogen (secondary N) is 13. The Balaban J connectivity index is 1.29. The lowest BCUT2D eigenvalue weighted by molar-refractivity contribution is -0.142. The number of phenolic OH excluding ortho intramolecular Hbond substituents is 1. The van der Waals surface area contributed by atoms with Crippen LogP contribution in [0.2, 0.25) is 0 Å². The number of phenols is 1. The number of carbonyl (C=O) groups excluding carboxylic acids is 11. The number of nitrogens with two attached hydrogens (primary N) is 1. The topological polar surface area (TPSA) is 451 Å². The van der Waals surface area contributed by atoms with Crippen molar-refractivity contribution in [3.63, 3.8) is 0 Å². The van der Waals surface area contributed by atoms with Crippen LogP contribution in [0.5, 0.6) is 5.75 Å². The maximum absolute atomic E-state index is 15.1. The molecule has 2 heterocycles. The van der Waals surface area contributed by atoms with Crippen molar-refractivity contribution in [2.75, 3.05) is 52.4 Å². The molecule has 1 aromatic heterocycles. The second-order valence-electron chi connectivity index (χ2n) is 27.3. The minimum atomic E-state index is -1.85. The van der Waals surface area contributed by atoms with E-state index in [9.17, 15) is 57.8 Å². The fourth-order valence-electron chi connectivity index (χ4n) is 12.4. The quantitative estimate of drug-likeness (QED) is 0.0147. The van der Waals surface area contributed by atoms with Crippen molar-refractivity contribution < 1.29 is 67.3 Å². The highest BCUT2D eigenvalue weighted by atomic mass is 19.1. The van der Waals surface area contributed by atoms with Gasteiger partial charge in [-0.15, -0.1) is 0 Å². The van der Waals surface area contributed by atoms with Gasteiger partial charge in [-0.2, -0.15) is 0 Å². The molecular formula is C78H109FN18O13. The zero-order valence-electron chi connectivity index (χ0n) is 63.9. The third kappa shape index (κ3) is 29.0. The van der Waals surface area contributed by atoms with Crippen molar-refractivity contribution in [1.29, 1.82) is 0 Å². The van der Waals surface area contributed by atoms with Crippen molar-refractivity contribution in [1.82, 2.24) is 79.0 Å². The lowest BCUT2D eigenvalue weighted by atomic mass is 9.99. The molecule has 31 nitrogen and oxygen atoms in total. The molecule has 11 amide bonds. The molecule has 110 heavy (non-hydrogen) atoms. The number of likely N-dealkylation sites (tertiary alicyclic amines) is 1. The van der Waals surface area contributed by atoms with Gasteiger partial charge in [-0.25, -0.2) is 4.39 Å². The molecule has 17 N–H and O–H groups in total. The summed E-state index contributed by atoms with van der Waals surface area (Å²) in [5.74, 6) is -8.84. The van der Waals surface area contributed by atoms with Crippen molar-refractivity contribution in [3.05, 3.63) is 144 Å². The van der Waals surface area contributed by atoms with E-state index in [-0.39, 0.29) is 95.5 Å². The number of fused-ring (bicyclic) bond motifs is 1. The SMILES string of the molecule is CCNC(=NCCC[C@H](NC(=O)[C@H](CC(C)C)NC(=O)[C@@H](CCCN=C(NCC)NCC)NC(=O)[C@H](Cc1ccc(O)cc1)NC(=O)[C@H](CO)NC(=O)[C@@H](Cc1cccnc1)NC(=O)[C@@H](Cc1ccc(F)cc1)NC(=O)[C@@H](Cc1ccc2ccccc2c1)NC(C)=O)C(=O)N1CCC[C@H]1C(=O)N[C@H](C)C(N)=O)NCC. The highest BCUT2D eigenvalue weighted by Gasteiger charge is 2.40. The molecule has 6 rings (SSSR count). The monoisotopic (exact) mass is 1520 g/mol. The summed E-state index contributed by atoms with van der Waals surface area (Å²) in [4.78, 5) is 172. The number of hydrogen-bond acceptors (Lipinski definition) is 16. The second kappa shape index (κ2) is 45.5. The Hall–Kier alpha value is -11.3. The number of aliphatic imine (C=N–C) groups is 2. The van der Waals surface area contributed by atoms with Gasteiger partial charge in [0.05, 0.1) is 6.61 Å². The van der Waals surface area contributed by atoms with Crippen LogP contribution >= 0.6 is 0 Å². The molecule has 596 valence electrons. The standard InChI is InChI=1S/C78H109FN18O13/c1-9-82-77(83-10-2)86-36-16-22-58(68(102)92-60(39-47(5)6)69(103)91-59(23-17-37-87-78(84-11-3)85-12-4)76(110)97-38-18-24-66(97)75(109)88-48(7)67(80)101)90-71(105)62(42-51-28-33-57(100)34-29-51)95-74(108)65(46-98)96-73(107)64(44-53-19-15-35-81-45-53)94-72(106)63(41-50-26-31-56(79)32-27-50)93-70(104)61(89-49(8)99)43-52-25-30-54-20-13-14-21-55(54)40-52/h13-15,19-21,25-35,40,45,47-48,58-66,98,100H,9-12,16-18,22-24,36-39,41-44,46H2,1-8H3,(H2,80,101)(H,88,109)(H,89,99)(H,90,105)(H,91,103)(H,92,102)(H,93,104)(H,94,106)(H,95,108)(H,96,107)(H2,82,83,86)(H2,84,85,87)/t48-,58-,59+,60+,61-,62+,63-,64-,65+,66+/m1/s1. The molecule has 10 atom stereocenters. The Kier molecular flexibility index (Phi) is 36.2. The van der Waals surface area contributed by atoms with Gasteiger partial charge >= 0.3 is 0 Å². The summed E-state index contributed by atoms with van der Waals surface area (Å²) in [7, 11) is 0. The third-order valence-electron chi connectivity index (χ3n) is 18.0. The lowest BCUT2D eigenvalue weighted by Crippen LogP contribution is -2.61. The Morgan fingerprint density at radius 3 is 1.48 bits per heavy atom. The van der Waals surface area contributed by atoms with E-state index in [1.165, 1.54) is 79.7 Å². The summed E-state index contributed by atoms with van der Waals surface area (Å²) in [5, 5.41) is 60.0. The smallest absolute Gasteiger partial charge is 0.245 e. The lowest BCUT2D eigenvalue weighted by Gasteiger charge is -2.31. The number of nitrogens with zero attached hydrogens (tertiary/aromatic N) is 4. The fourth-order valence-corrected chi connectivity index (χ4v) is 12.4. The van der Waals surface area contributed by atoms with Crippen LogP contribution in [-0.4, -0.2) is 210 Å². The second-order valence-corrected chi connectivity index (χ2v) is 27.3. The summed E-state index contributed by atoms with van der Waals surface area (Å²) in [6, 6.07) is 13.3. The van der Waals surface area contributed by atoms with Gasteiger partial charge in [0.25, 0.3) is 0 Å². The molecular weight excluding hydrogens is 1420 g/mol. The number of primary amides is 1. The van der Waals surface area contributed by atoms with E-state index in [0.29, 0.717) is 66.8 Å². The highest BCUT2D eigenvalue weighted by molar-refractivity contribution is 5.99. The van der Waals surface area contributed by atoms with Crippen molar-refractivity contribution in [2.24, 2.45) is 21.6 Å². The van der Waals surface area contributed by atoms with Gasteiger partial charge in [-0.05, 0) is 149 Å². The Bertz CT molecular complexity index is 3930. The molecule has 1 aliphatic heterocycles. The fraction of sp³-hybridized carbons (Fsp3) is 0.487. The van der Waals surface area contributed by atoms with Gasteiger partial charge < -0.3 is 90.0 Å². The summed E-state index contributed by atoms with van der Waals surface area (Å²) >= 11 is 0. The van der Waals surface area contributed by atoms with E-state index in [0.717, 1.165) is 10.8 Å². The van der Waals surface area contributed by atoms with Crippen LogP contribution in [0, 0.1) is 11.7 Å². The molecule has 0 radical (unpaired) electrons. The number of hydrogen-bond donors (Lipinski definition) is 16. The van der Waals surface area contributed by atoms with Gasteiger partial charge in [-0.3, -0.25) is 67.7 Å². The van der Waals surface area contributed by atoms with Gasteiger partial charge in [0.2, 0.25) is 65.0 Å². The van der Waals surface area contributed by atoms with Gasteiger partial charge in [0.1, 0.15) is 72.0 Å². The molecule has 4 aromatic carbocycles. The van der Waals surface area contributed by atoms with E-state index in [1.54, 1.807) is 12.1 Å². The average Bonchev–Trinajstić information content (AvgIpc) is 1.55. The number of amides is 11. The van der Waals surface area contributed by atoms with Gasteiger partial charge in [-0.1, -0.05) is 86.6 Å². The first kappa shape index (κ1) is 87.6. The number of aliphatic hydroxyl groups is 1. The maximum Gasteiger partial charge on any atom is 0.245 e. The van der Waals surface area contributed by atoms with Crippen molar-refractivity contribution in [3.8, 4) is 5.75 Å². The van der Waals surface area contributed by atoms with Gasteiger partial charge in [0.15, 0.2) is 11.9 Å². The van der Waals surface area contributed by atoms with E-state index < -0.39 is 138 Å². The Labute approximate surface area is 641 Å². The molecule has 1 saturated heterocycles. The summed E-state index contributed by atoms with van der Waals surface area (Å²) in [6.07, 6.45) is 3.21. The van der Waals surface area contributed by atoms with Crippen LogP contribution in [0.15, 0.2) is 126 Å². The number of aromatic nitrogens is 1. The summed E-state index contributed by atoms with van der Waals surface area (Å²) in [5.41, 5.74) is 7.36. The van der Waals surface area contributed by atoms with Crippen LogP contribution in [-0.2, 0) is 78.4 Å². The van der Waals surface area contributed by atoms with E-state index in [4.69, 9.17) is 5.73 Å². The number of aliphatic hydroxyl groups excluding tert-OH is 1. The molecule has 0 bridgehead atoms. The largest absolute Gasteiger partial charge is 0.508 e. The average molecular weight is 1530 g/mol. The molecule has 0 spiro atoms. The number of guanidine groups is 2. The number of rotatable bonds is 42. The zero-order valence-corrected chi connectivity index (χ0v) is 63.9. The highest BCUT2D eigenvalue weighted by Crippen LogP contribution is 2.22. The minimum Gasteiger partial charge on any atom is -0.508 e. The van der Waals surface area contributed by atoms with Crippen LogP contribution in [0.25, 0.3) is 10.8 Å². The molecule has 0 unspecified atom stereocenters. The van der Waals surface area contributed by atoms with E-state index in [2.05, 4.69) is 84.1 Å². The predicted octanol–water partition coefficient (Wildman–Crippen LogP) is 0.978. The Morgan fingerprint density at radius 2 is 0.973 bits per heavy atom. The van der Waals surface area contributed by atoms with Crippen LogP contribution in [0.1, 0.15) is 123 Å². The first-order valence-corrected chi connectivity index (χ1v) is 37.6. The number of benzene rings is 4. The third-order valence-corrected chi connectivity index (χ3v) is 18.0. The molecule has 0 aliphatic carbocycles. The Morgan fingerprint density at radius 1 is 0.527 bits per heavy atom. The molecule has 32 heteroatoms. The summed E-state index contributed by atoms with van der Waals surface area (Å²) < 4.78 is 14.3. The van der Waals surface area contributed by atoms with Crippen LogP contribution < -0.4 is 74.9 Å². The number of carbonyl (C=O) groups is 11. The van der Waals surface area contributed by atoms with E-state index >= 15 is 9.59 Å². The van der Waals surface area contributed by atoms with Crippen LogP contribution in [0.3, 0.4) is 0 Å². The molecule has 1 fully saturated rings. The molecule has 5 aromatic rings. The zero-order chi connectivity index (χ0) is 80.2. The van der Waals surface area contributed by atoms with Crippen molar-refractivity contribution in [2.45, 2.75) is 186 Å². The number of pyridine rings is 1. The normalized spacial score (nSPS) is 14.9. The summed E-state index contributed by atoms with van der Waals surface area (Å²) in [6.45, 7) is 15.5. The number of aromatic hydroxyl groups is 1. The predicted molar refractivity (Wildman–Crippen MR) is 414 cm³/mol. The first-order valence-electron chi connectivity index (χ1n) is 37.6. The van der Waals surface area contributed by atoms with Gasteiger partial charge in [0, 0.05) is 90.8 Å². The van der Waals surface area contributed by atoms with Crippen molar-refractivity contribution >= 4 is 87.7 Å².